The molecule has 2 aromatic rings. The molecule has 1 heterocycles. The Morgan fingerprint density at radius 2 is 2.26 bits per heavy atom. The number of anilines is 2. The highest BCUT2D eigenvalue weighted by molar-refractivity contribution is 9.10. The molecule has 0 unspecified atom stereocenters. The van der Waals surface area contributed by atoms with Crippen LogP contribution in [0.4, 0.5) is 10.8 Å². The number of thioether (sulfide) groups is 1. The molecular formula is C15H19BrN4OS2. The highest BCUT2D eigenvalue weighted by Gasteiger charge is 2.17. The summed E-state index contributed by atoms with van der Waals surface area (Å²) in [6, 6.07) is 7.54. The molecule has 0 aliphatic heterocycles. The van der Waals surface area contributed by atoms with Crippen LogP contribution in [0.1, 0.15) is 26.7 Å². The summed E-state index contributed by atoms with van der Waals surface area (Å²) in [5.41, 5.74) is 0.774. The maximum absolute atomic E-state index is 12.2. The zero-order valence-corrected chi connectivity index (χ0v) is 16.2. The molecular weight excluding hydrogens is 396 g/mol. The van der Waals surface area contributed by atoms with Gasteiger partial charge < -0.3 is 10.6 Å². The number of carbonyl (C=O) groups is 1. The van der Waals surface area contributed by atoms with Crippen LogP contribution in [-0.4, -0.2) is 27.9 Å². The van der Waals surface area contributed by atoms with Gasteiger partial charge in [0, 0.05) is 16.7 Å². The van der Waals surface area contributed by atoms with E-state index in [1.54, 1.807) is 0 Å². The first kappa shape index (κ1) is 18.2. The van der Waals surface area contributed by atoms with Crippen LogP contribution in [0, 0.1) is 0 Å². The zero-order chi connectivity index (χ0) is 16.7. The summed E-state index contributed by atoms with van der Waals surface area (Å²) in [5, 5.41) is 14.9. The van der Waals surface area contributed by atoms with Gasteiger partial charge in [-0.15, -0.1) is 10.2 Å². The van der Waals surface area contributed by atoms with Crippen LogP contribution >= 0.6 is 39.0 Å². The molecule has 0 saturated carbocycles. The molecule has 8 heteroatoms. The Balaban J connectivity index is 1.85. The number of hydrogen-bond acceptors (Lipinski definition) is 6. The van der Waals surface area contributed by atoms with Crippen molar-refractivity contribution in [3.8, 4) is 0 Å². The van der Waals surface area contributed by atoms with E-state index < -0.39 is 0 Å². The van der Waals surface area contributed by atoms with Crippen molar-refractivity contribution in [2.45, 2.75) is 36.3 Å². The SMILES string of the molecule is CCCCNc1nnc(S[C@H](C)C(=O)Nc2cccc(Br)c2)s1. The lowest BCUT2D eigenvalue weighted by Crippen LogP contribution is -2.22. The minimum Gasteiger partial charge on any atom is -0.360 e. The molecule has 1 atom stereocenters. The number of amides is 1. The molecule has 1 amide bonds. The van der Waals surface area contributed by atoms with Crippen molar-refractivity contribution in [1.29, 1.82) is 0 Å². The van der Waals surface area contributed by atoms with Crippen molar-refractivity contribution >= 4 is 55.8 Å². The number of nitrogens with one attached hydrogen (secondary N) is 2. The lowest BCUT2D eigenvalue weighted by atomic mass is 10.3. The third kappa shape index (κ3) is 6.12. The van der Waals surface area contributed by atoms with Gasteiger partial charge in [-0.05, 0) is 31.5 Å². The smallest absolute Gasteiger partial charge is 0.237 e. The standard InChI is InChI=1S/C15H19BrN4OS2/c1-3-4-8-17-14-19-20-15(23-14)22-10(2)13(21)18-12-7-5-6-11(16)9-12/h5-7,9-10H,3-4,8H2,1-2H3,(H,17,19)(H,18,21)/t10-/m1/s1. The minimum absolute atomic E-state index is 0.0520. The van der Waals surface area contributed by atoms with Gasteiger partial charge in [0.05, 0.1) is 5.25 Å². The quantitative estimate of drug-likeness (QED) is 0.486. The minimum atomic E-state index is -0.245. The Hall–Kier alpha value is -1.12. The third-order valence-electron chi connectivity index (χ3n) is 2.95. The van der Waals surface area contributed by atoms with Gasteiger partial charge in [0.25, 0.3) is 0 Å². The molecule has 0 aliphatic rings. The van der Waals surface area contributed by atoms with Crippen molar-refractivity contribution in [3.05, 3.63) is 28.7 Å². The fourth-order valence-corrected chi connectivity index (χ4v) is 4.04. The van der Waals surface area contributed by atoms with Gasteiger partial charge >= 0.3 is 0 Å². The van der Waals surface area contributed by atoms with Crippen LogP contribution in [-0.2, 0) is 4.79 Å². The fraction of sp³-hybridized carbons (Fsp3) is 0.400. The summed E-state index contributed by atoms with van der Waals surface area (Å²) in [6.07, 6.45) is 2.24. The molecule has 0 spiro atoms. The maximum Gasteiger partial charge on any atom is 0.237 e. The van der Waals surface area contributed by atoms with Gasteiger partial charge in [-0.1, -0.05) is 58.4 Å². The number of aromatic nitrogens is 2. The summed E-state index contributed by atoms with van der Waals surface area (Å²) >= 11 is 6.29. The molecule has 0 bridgehead atoms. The first-order valence-corrected chi connectivity index (χ1v) is 9.88. The third-order valence-corrected chi connectivity index (χ3v) is 5.51. The molecule has 2 rings (SSSR count). The van der Waals surface area contributed by atoms with Crippen molar-refractivity contribution in [2.24, 2.45) is 0 Å². The highest BCUT2D eigenvalue weighted by Crippen LogP contribution is 2.29. The van der Waals surface area contributed by atoms with Crippen molar-refractivity contribution in [1.82, 2.24) is 10.2 Å². The zero-order valence-electron chi connectivity index (χ0n) is 13.0. The van der Waals surface area contributed by atoms with Gasteiger partial charge in [0.1, 0.15) is 0 Å². The van der Waals surface area contributed by atoms with Crippen LogP contribution in [0.15, 0.2) is 33.1 Å². The molecule has 0 saturated heterocycles. The second-order valence-electron chi connectivity index (χ2n) is 4.91. The van der Waals surface area contributed by atoms with E-state index in [-0.39, 0.29) is 11.2 Å². The van der Waals surface area contributed by atoms with Gasteiger partial charge in [-0.25, -0.2) is 0 Å². The monoisotopic (exact) mass is 414 g/mol. The molecule has 23 heavy (non-hydrogen) atoms. The summed E-state index contributed by atoms with van der Waals surface area (Å²) < 4.78 is 1.73. The molecule has 1 aromatic heterocycles. The molecule has 5 nitrogen and oxygen atoms in total. The van der Waals surface area contributed by atoms with Gasteiger partial charge in [-0.3, -0.25) is 4.79 Å². The molecule has 124 valence electrons. The summed E-state index contributed by atoms with van der Waals surface area (Å²) in [5.74, 6) is -0.0520. The van der Waals surface area contributed by atoms with E-state index in [4.69, 9.17) is 0 Å². The maximum atomic E-state index is 12.2. The van der Waals surface area contributed by atoms with E-state index in [0.717, 1.165) is 39.0 Å². The Bertz CT molecular complexity index is 650. The number of hydrogen-bond donors (Lipinski definition) is 2. The number of nitrogens with zero attached hydrogens (tertiary/aromatic N) is 2. The molecule has 2 N–H and O–H groups in total. The molecule has 0 radical (unpaired) electrons. The van der Waals surface area contributed by atoms with E-state index >= 15 is 0 Å². The Morgan fingerprint density at radius 1 is 1.43 bits per heavy atom. The average molecular weight is 415 g/mol. The molecule has 0 aliphatic carbocycles. The normalized spacial score (nSPS) is 12.0. The van der Waals surface area contributed by atoms with E-state index in [9.17, 15) is 4.79 Å². The lowest BCUT2D eigenvalue weighted by molar-refractivity contribution is -0.115. The predicted octanol–water partition coefficient (Wildman–Crippen LogP) is 4.63. The number of rotatable bonds is 8. The first-order valence-electron chi connectivity index (χ1n) is 7.39. The average Bonchev–Trinajstić information content (AvgIpc) is 2.95. The Kier molecular flexibility index (Phi) is 7.32. The lowest BCUT2D eigenvalue weighted by Gasteiger charge is -2.10. The van der Waals surface area contributed by atoms with Crippen molar-refractivity contribution in [3.63, 3.8) is 0 Å². The van der Waals surface area contributed by atoms with Crippen LogP contribution < -0.4 is 10.6 Å². The van der Waals surface area contributed by atoms with Gasteiger partial charge in [-0.2, -0.15) is 0 Å². The summed E-state index contributed by atoms with van der Waals surface area (Å²) in [6.45, 7) is 4.91. The highest BCUT2D eigenvalue weighted by atomic mass is 79.9. The molecule has 0 fully saturated rings. The largest absolute Gasteiger partial charge is 0.360 e. The fourth-order valence-electron chi connectivity index (χ4n) is 1.72. The van der Waals surface area contributed by atoms with Crippen LogP contribution in [0.25, 0.3) is 0 Å². The second kappa shape index (κ2) is 9.24. The van der Waals surface area contributed by atoms with Crippen LogP contribution in [0.5, 0.6) is 0 Å². The second-order valence-corrected chi connectivity index (χ2v) is 8.39. The van der Waals surface area contributed by atoms with E-state index in [1.807, 2.05) is 31.2 Å². The van der Waals surface area contributed by atoms with E-state index in [1.165, 1.54) is 23.1 Å². The Morgan fingerprint density at radius 3 is 3.00 bits per heavy atom. The topological polar surface area (TPSA) is 66.9 Å². The van der Waals surface area contributed by atoms with Gasteiger partial charge in [0.15, 0.2) is 4.34 Å². The molecule has 1 aromatic carbocycles. The number of halogens is 1. The van der Waals surface area contributed by atoms with E-state index in [0.29, 0.717) is 0 Å². The summed E-state index contributed by atoms with van der Waals surface area (Å²) in [7, 11) is 0. The van der Waals surface area contributed by atoms with Crippen molar-refractivity contribution < 1.29 is 4.79 Å². The Labute approximate surface area is 152 Å². The predicted molar refractivity (Wildman–Crippen MR) is 101 cm³/mol. The summed E-state index contributed by atoms with van der Waals surface area (Å²) in [4.78, 5) is 12.2. The van der Waals surface area contributed by atoms with Crippen molar-refractivity contribution in [2.75, 3.05) is 17.2 Å². The van der Waals surface area contributed by atoms with Crippen LogP contribution in [0.2, 0.25) is 0 Å². The van der Waals surface area contributed by atoms with Crippen LogP contribution in [0.3, 0.4) is 0 Å². The first-order chi connectivity index (χ1) is 11.1. The number of carbonyl (C=O) groups excluding carboxylic acids is 1. The number of unbranched alkanes of at least 4 members (excludes halogenated alkanes) is 1. The van der Waals surface area contributed by atoms with Gasteiger partial charge in [0.2, 0.25) is 11.0 Å². The number of benzene rings is 1. The van der Waals surface area contributed by atoms with E-state index in [2.05, 4.69) is 43.7 Å².